The van der Waals surface area contributed by atoms with Gasteiger partial charge >= 0.3 is 0 Å². The summed E-state index contributed by atoms with van der Waals surface area (Å²) in [7, 11) is 0. The molecule has 9 heteroatoms. The van der Waals surface area contributed by atoms with Gasteiger partial charge in [0.1, 0.15) is 0 Å². The van der Waals surface area contributed by atoms with E-state index in [2.05, 4.69) is 45.7 Å². The van der Waals surface area contributed by atoms with Crippen LogP contribution in [0.4, 0.5) is 10.8 Å². The molecule has 0 radical (unpaired) electrons. The van der Waals surface area contributed by atoms with Crippen LogP contribution >= 0.6 is 17.7 Å². The molecule has 3 aliphatic rings. The van der Waals surface area contributed by atoms with Crippen molar-refractivity contribution in [2.75, 3.05) is 36.2 Å². The molecule has 1 fully saturated rings. The molecule has 0 bridgehead atoms. The Balaban J connectivity index is 1.68. The number of aromatic nitrogens is 1. The molecule has 1 atom stereocenters. The number of hydrazone groups is 1. The summed E-state index contributed by atoms with van der Waals surface area (Å²) in [6.07, 6.45) is 1.31. The summed E-state index contributed by atoms with van der Waals surface area (Å²) in [5.74, 6) is 0. The lowest BCUT2D eigenvalue weighted by molar-refractivity contribution is 0.0489. The maximum absolute atomic E-state index is 6.50. The number of anilines is 2. The quantitative estimate of drug-likeness (QED) is 0.642. The molecule has 1 aliphatic carbocycles. The predicted molar refractivity (Wildman–Crippen MR) is 129 cm³/mol. The lowest BCUT2D eigenvalue weighted by Gasteiger charge is -2.41. The SMILES string of the molecule is CC1(C)CC2=NN(c3ccccc3)P(=S)(Nc3nccs3)C2=C(N2CCOCC2)C1. The van der Waals surface area contributed by atoms with E-state index >= 15 is 0 Å². The number of nitrogens with zero attached hydrogens (tertiary/aromatic N) is 4. The van der Waals surface area contributed by atoms with E-state index in [4.69, 9.17) is 21.6 Å². The zero-order valence-corrected chi connectivity index (χ0v) is 19.8. The van der Waals surface area contributed by atoms with Gasteiger partial charge in [0.05, 0.1) is 29.9 Å². The molecular weight excluding hydrogens is 433 g/mol. The number of allylic oxidation sites excluding steroid dienone is 2. The molecule has 1 aromatic heterocycles. The first-order valence-electron chi connectivity index (χ1n) is 10.2. The molecule has 0 saturated carbocycles. The molecule has 1 aromatic carbocycles. The Hall–Kier alpha value is -1.73. The van der Waals surface area contributed by atoms with Crippen LogP contribution in [-0.4, -0.2) is 41.9 Å². The van der Waals surface area contributed by atoms with E-state index in [0.717, 1.165) is 55.7 Å². The van der Waals surface area contributed by atoms with Crippen molar-refractivity contribution in [3.63, 3.8) is 0 Å². The van der Waals surface area contributed by atoms with Gasteiger partial charge in [-0.25, -0.2) is 9.76 Å². The molecule has 30 heavy (non-hydrogen) atoms. The van der Waals surface area contributed by atoms with Crippen molar-refractivity contribution in [1.82, 2.24) is 9.88 Å². The van der Waals surface area contributed by atoms with Gasteiger partial charge in [-0.05, 0) is 42.2 Å². The van der Waals surface area contributed by atoms with E-state index in [1.54, 1.807) is 11.3 Å². The minimum atomic E-state index is -2.44. The summed E-state index contributed by atoms with van der Waals surface area (Å²) >= 11 is 8.09. The lowest BCUT2D eigenvalue weighted by Crippen LogP contribution is -2.40. The average molecular weight is 460 g/mol. The van der Waals surface area contributed by atoms with E-state index in [0.29, 0.717) is 0 Å². The Kier molecular flexibility index (Phi) is 5.22. The van der Waals surface area contributed by atoms with Crippen molar-refractivity contribution in [3.8, 4) is 0 Å². The molecule has 0 amide bonds. The molecule has 2 aliphatic heterocycles. The lowest BCUT2D eigenvalue weighted by atomic mass is 9.78. The number of hydrogen-bond acceptors (Lipinski definition) is 6. The number of nitrogens with one attached hydrogen (secondary N) is 1. The van der Waals surface area contributed by atoms with Crippen molar-refractivity contribution in [3.05, 3.63) is 52.9 Å². The highest BCUT2D eigenvalue weighted by atomic mass is 32.4. The van der Waals surface area contributed by atoms with Crippen LogP contribution in [0.1, 0.15) is 26.7 Å². The smallest absolute Gasteiger partial charge is 0.187 e. The van der Waals surface area contributed by atoms with Crippen LogP contribution in [0, 0.1) is 5.41 Å². The van der Waals surface area contributed by atoms with Crippen LogP contribution in [0.2, 0.25) is 0 Å². The first-order valence-corrected chi connectivity index (χ1v) is 13.9. The third kappa shape index (κ3) is 3.60. The maximum atomic E-state index is 6.50. The summed E-state index contributed by atoms with van der Waals surface area (Å²) in [5.41, 5.74) is 3.64. The maximum Gasteiger partial charge on any atom is 0.187 e. The van der Waals surface area contributed by atoms with Crippen LogP contribution in [0.5, 0.6) is 0 Å². The Bertz CT molecular complexity index is 1030. The predicted octanol–water partition coefficient (Wildman–Crippen LogP) is 5.10. The minimum absolute atomic E-state index is 0.143. The Morgan fingerprint density at radius 3 is 2.63 bits per heavy atom. The topological polar surface area (TPSA) is 53.0 Å². The number of rotatable bonds is 4. The zero-order chi connectivity index (χ0) is 20.8. The van der Waals surface area contributed by atoms with Crippen molar-refractivity contribution in [2.45, 2.75) is 26.7 Å². The van der Waals surface area contributed by atoms with Crippen molar-refractivity contribution in [1.29, 1.82) is 0 Å². The van der Waals surface area contributed by atoms with Crippen LogP contribution in [0.25, 0.3) is 0 Å². The molecule has 3 heterocycles. The van der Waals surface area contributed by atoms with E-state index in [1.807, 2.05) is 29.8 Å². The minimum Gasteiger partial charge on any atom is -0.378 e. The summed E-state index contributed by atoms with van der Waals surface area (Å²) in [6, 6.07) is 10.3. The second-order valence-electron chi connectivity index (χ2n) is 8.61. The number of thiazole rings is 1. The Morgan fingerprint density at radius 2 is 1.93 bits per heavy atom. The molecule has 6 nitrogen and oxygen atoms in total. The van der Waals surface area contributed by atoms with Crippen molar-refractivity contribution >= 4 is 46.0 Å². The first-order chi connectivity index (χ1) is 14.5. The number of fused-ring (bicyclic) bond motifs is 1. The molecule has 1 N–H and O–H groups in total. The third-order valence-corrected chi connectivity index (χ3v) is 10.3. The largest absolute Gasteiger partial charge is 0.378 e. The van der Waals surface area contributed by atoms with Gasteiger partial charge in [-0.1, -0.05) is 32.0 Å². The molecular formula is C21H26N5OPS2. The molecule has 1 saturated heterocycles. The summed E-state index contributed by atoms with van der Waals surface area (Å²) in [4.78, 5) is 6.97. The van der Waals surface area contributed by atoms with Crippen LogP contribution in [-0.2, 0) is 16.5 Å². The molecule has 1 unspecified atom stereocenters. The van der Waals surface area contributed by atoms with Gasteiger partial charge in [0.2, 0.25) is 0 Å². The summed E-state index contributed by atoms with van der Waals surface area (Å²) in [6.45, 7) is 7.98. The highest BCUT2D eigenvalue weighted by Gasteiger charge is 2.47. The van der Waals surface area contributed by atoms with Crippen LogP contribution in [0.15, 0.2) is 58.0 Å². The first kappa shape index (κ1) is 20.2. The van der Waals surface area contributed by atoms with Crippen LogP contribution in [0.3, 0.4) is 0 Å². The van der Waals surface area contributed by atoms with Gasteiger partial charge in [0.15, 0.2) is 11.5 Å². The molecule has 0 spiro atoms. The second-order valence-corrected chi connectivity index (χ2v) is 13.3. The number of ether oxygens (including phenoxy) is 1. The van der Waals surface area contributed by atoms with Crippen LogP contribution < -0.4 is 9.87 Å². The van der Waals surface area contributed by atoms with Crippen molar-refractivity contribution in [2.24, 2.45) is 10.5 Å². The molecule has 5 rings (SSSR count). The number of morpholine rings is 1. The van der Waals surface area contributed by atoms with Gasteiger partial charge < -0.3 is 14.7 Å². The van der Waals surface area contributed by atoms with Gasteiger partial charge in [-0.3, -0.25) is 0 Å². The molecule has 158 valence electrons. The van der Waals surface area contributed by atoms with E-state index in [-0.39, 0.29) is 5.41 Å². The van der Waals surface area contributed by atoms with Crippen molar-refractivity contribution < 1.29 is 4.74 Å². The fraction of sp³-hybridized carbons (Fsp3) is 0.429. The third-order valence-electron chi connectivity index (χ3n) is 5.68. The molecule has 2 aromatic rings. The fourth-order valence-electron chi connectivity index (χ4n) is 4.40. The highest BCUT2D eigenvalue weighted by Crippen LogP contribution is 2.66. The summed E-state index contributed by atoms with van der Waals surface area (Å²) < 4.78 is 7.72. The highest BCUT2D eigenvalue weighted by molar-refractivity contribution is 8.18. The number of para-hydroxylation sites is 1. The van der Waals surface area contributed by atoms with Gasteiger partial charge in [0, 0.05) is 30.4 Å². The normalized spacial score (nSPS) is 25.9. The van der Waals surface area contributed by atoms with E-state index in [9.17, 15) is 0 Å². The monoisotopic (exact) mass is 459 g/mol. The number of hydrogen-bond donors (Lipinski definition) is 1. The average Bonchev–Trinajstić information content (AvgIpc) is 3.34. The van der Waals surface area contributed by atoms with Gasteiger partial charge in [0.25, 0.3) is 0 Å². The Morgan fingerprint density at radius 1 is 1.17 bits per heavy atom. The van der Waals surface area contributed by atoms with Gasteiger partial charge in [-0.15, -0.1) is 11.3 Å². The fourth-order valence-corrected chi connectivity index (χ4v) is 9.28. The van der Waals surface area contributed by atoms with E-state index < -0.39 is 6.34 Å². The second kappa shape index (κ2) is 7.75. The van der Waals surface area contributed by atoms with E-state index in [1.165, 1.54) is 11.0 Å². The zero-order valence-electron chi connectivity index (χ0n) is 17.2. The number of benzene rings is 1. The summed E-state index contributed by atoms with van der Waals surface area (Å²) in [5, 5.41) is 12.9. The van der Waals surface area contributed by atoms with Gasteiger partial charge in [-0.2, -0.15) is 5.10 Å². The standard InChI is InChI=1S/C21H26N5OPS2/c1-21(2)14-17-19(18(15-21)25-9-11-27-12-10-25)28(29,24-20-22-8-13-30-20)26(23-17)16-6-4-3-5-7-16/h3-8,13H,9-12,14-15H2,1-2H3,(H,22,24,29). The Labute approximate surface area is 186 Å².